The molecule has 0 bridgehead atoms. The van der Waals surface area contributed by atoms with Gasteiger partial charge in [0.25, 0.3) is 0 Å². The number of nitrogens with zero attached hydrogens (tertiary/aromatic N) is 1. The number of anilines is 1. The van der Waals surface area contributed by atoms with Gasteiger partial charge in [0.1, 0.15) is 5.70 Å². The largest absolute Gasteiger partial charge is 0.431 e. The van der Waals surface area contributed by atoms with Gasteiger partial charge < -0.3 is 4.90 Å². The van der Waals surface area contributed by atoms with Crippen LogP contribution in [0.5, 0.6) is 0 Å². The Morgan fingerprint density at radius 3 is 2.40 bits per heavy atom. The van der Waals surface area contributed by atoms with Gasteiger partial charge in [-0.25, -0.2) is 0 Å². The maximum absolute atomic E-state index is 12.6. The lowest BCUT2D eigenvalue weighted by atomic mass is 10.3. The van der Waals surface area contributed by atoms with Crippen LogP contribution in [0.1, 0.15) is 0 Å². The third-order valence-electron chi connectivity index (χ3n) is 2.05. The standard InChI is InChI=1S/C10H8F3NS/c11-10(12,13)9-6-15-7-14(9)8-4-2-1-3-5-8/h1-6H,7H2. The van der Waals surface area contributed by atoms with E-state index in [2.05, 4.69) is 0 Å². The van der Waals surface area contributed by atoms with Crippen LogP contribution >= 0.6 is 11.8 Å². The Bertz CT molecular complexity index is 372. The van der Waals surface area contributed by atoms with Crippen molar-refractivity contribution in [2.75, 3.05) is 10.8 Å². The van der Waals surface area contributed by atoms with E-state index < -0.39 is 11.9 Å². The molecule has 0 spiro atoms. The van der Waals surface area contributed by atoms with Crippen molar-refractivity contribution in [3.05, 3.63) is 41.4 Å². The van der Waals surface area contributed by atoms with Crippen molar-refractivity contribution >= 4 is 17.4 Å². The molecule has 0 aromatic heterocycles. The first-order valence-corrected chi connectivity index (χ1v) is 5.35. The maximum atomic E-state index is 12.6. The van der Waals surface area contributed by atoms with Crippen LogP contribution in [0, 0.1) is 0 Å². The Morgan fingerprint density at radius 2 is 1.80 bits per heavy atom. The van der Waals surface area contributed by atoms with E-state index in [-0.39, 0.29) is 0 Å². The Hall–Kier alpha value is -1.10. The van der Waals surface area contributed by atoms with E-state index in [0.29, 0.717) is 11.6 Å². The van der Waals surface area contributed by atoms with Gasteiger partial charge in [-0.1, -0.05) is 18.2 Å². The van der Waals surface area contributed by atoms with Gasteiger partial charge in [0, 0.05) is 11.1 Å². The summed E-state index contributed by atoms with van der Waals surface area (Å²) in [6, 6.07) is 8.58. The van der Waals surface area contributed by atoms with Crippen LogP contribution in [-0.2, 0) is 0 Å². The van der Waals surface area contributed by atoms with E-state index in [1.165, 1.54) is 4.90 Å². The number of hydrogen-bond donors (Lipinski definition) is 0. The number of thioether (sulfide) groups is 1. The summed E-state index contributed by atoms with van der Waals surface area (Å²) in [7, 11) is 0. The second-order valence-electron chi connectivity index (χ2n) is 3.06. The lowest BCUT2D eigenvalue weighted by Crippen LogP contribution is -2.28. The fourth-order valence-corrected chi connectivity index (χ4v) is 2.30. The monoisotopic (exact) mass is 231 g/mol. The van der Waals surface area contributed by atoms with Crippen molar-refractivity contribution in [1.82, 2.24) is 0 Å². The molecule has 1 nitrogen and oxygen atoms in total. The minimum absolute atomic E-state index is 0.318. The van der Waals surface area contributed by atoms with E-state index in [4.69, 9.17) is 0 Å². The summed E-state index contributed by atoms with van der Waals surface area (Å²) in [6.45, 7) is 0. The Morgan fingerprint density at radius 1 is 1.13 bits per heavy atom. The zero-order chi connectivity index (χ0) is 10.9. The minimum atomic E-state index is -4.28. The maximum Gasteiger partial charge on any atom is 0.431 e. The number of rotatable bonds is 1. The fourth-order valence-electron chi connectivity index (χ4n) is 1.37. The van der Waals surface area contributed by atoms with Gasteiger partial charge in [-0.2, -0.15) is 13.2 Å². The molecule has 15 heavy (non-hydrogen) atoms. The number of para-hydroxylation sites is 1. The lowest BCUT2D eigenvalue weighted by molar-refractivity contribution is -0.0925. The molecular formula is C10H8F3NS. The summed E-state index contributed by atoms with van der Waals surface area (Å²) in [4.78, 5) is 1.27. The lowest BCUT2D eigenvalue weighted by Gasteiger charge is -2.22. The van der Waals surface area contributed by atoms with Gasteiger partial charge in [0.2, 0.25) is 0 Å². The first-order chi connectivity index (χ1) is 7.09. The van der Waals surface area contributed by atoms with Crippen LogP contribution in [0.2, 0.25) is 0 Å². The number of benzene rings is 1. The molecule has 5 heteroatoms. The highest BCUT2D eigenvalue weighted by atomic mass is 32.2. The van der Waals surface area contributed by atoms with Crippen molar-refractivity contribution in [2.24, 2.45) is 0 Å². The molecule has 1 aliphatic rings. The number of halogens is 3. The third kappa shape index (κ3) is 2.12. The Balaban J connectivity index is 2.29. The topological polar surface area (TPSA) is 3.24 Å². The molecule has 0 aliphatic carbocycles. The molecule has 0 unspecified atom stereocenters. The Labute approximate surface area is 89.6 Å². The zero-order valence-corrected chi connectivity index (χ0v) is 8.48. The van der Waals surface area contributed by atoms with Crippen LogP contribution < -0.4 is 4.90 Å². The first kappa shape index (κ1) is 10.4. The van der Waals surface area contributed by atoms with Crippen LogP contribution in [0.4, 0.5) is 18.9 Å². The molecule has 1 aromatic carbocycles. The van der Waals surface area contributed by atoms with E-state index in [1.54, 1.807) is 30.3 Å². The normalized spacial score (nSPS) is 16.7. The van der Waals surface area contributed by atoms with Crippen LogP contribution in [0.3, 0.4) is 0 Å². The molecule has 80 valence electrons. The molecule has 1 heterocycles. The Kier molecular flexibility index (Phi) is 2.65. The van der Waals surface area contributed by atoms with Crippen molar-refractivity contribution in [2.45, 2.75) is 6.18 Å². The highest BCUT2D eigenvalue weighted by Gasteiger charge is 2.40. The van der Waals surface area contributed by atoms with E-state index >= 15 is 0 Å². The van der Waals surface area contributed by atoms with Gasteiger partial charge in [-0.3, -0.25) is 0 Å². The molecule has 1 aliphatic heterocycles. The van der Waals surface area contributed by atoms with Gasteiger partial charge in [0.15, 0.2) is 0 Å². The van der Waals surface area contributed by atoms with Gasteiger partial charge in [-0.05, 0) is 12.1 Å². The molecule has 0 amide bonds. The average molecular weight is 231 g/mol. The molecule has 0 radical (unpaired) electrons. The molecule has 0 N–H and O–H groups in total. The van der Waals surface area contributed by atoms with Crippen LogP contribution in [0.15, 0.2) is 41.4 Å². The first-order valence-electron chi connectivity index (χ1n) is 4.30. The zero-order valence-electron chi connectivity index (χ0n) is 7.66. The van der Waals surface area contributed by atoms with Gasteiger partial charge in [0.05, 0.1) is 5.88 Å². The highest BCUT2D eigenvalue weighted by Crippen LogP contribution is 2.38. The predicted octanol–water partition coefficient (Wildman–Crippen LogP) is 3.60. The molecule has 0 atom stereocenters. The van der Waals surface area contributed by atoms with Crippen molar-refractivity contribution in [1.29, 1.82) is 0 Å². The van der Waals surface area contributed by atoms with Crippen molar-refractivity contribution < 1.29 is 13.2 Å². The molecule has 2 rings (SSSR count). The predicted molar refractivity (Wildman–Crippen MR) is 55.5 cm³/mol. The van der Waals surface area contributed by atoms with E-state index in [1.807, 2.05) is 0 Å². The smallest absolute Gasteiger partial charge is 0.327 e. The summed E-state index contributed by atoms with van der Waals surface area (Å²) in [6.07, 6.45) is -4.28. The average Bonchev–Trinajstić information content (AvgIpc) is 2.67. The molecule has 0 fully saturated rings. The fraction of sp³-hybridized carbons (Fsp3) is 0.200. The summed E-state index contributed by atoms with van der Waals surface area (Å²) in [5.41, 5.74) is -0.00947. The van der Waals surface area contributed by atoms with Crippen molar-refractivity contribution in [3.8, 4) is 0 Å². The van der Waals surface area contributed by atoms with Gasteiger partial charge in [-0.15, -0.1) is 11.8 Å². The quantitative estimate of drug-likeness (QED) is 0.726. The summed E-state index contributed by atoms with van der Waals surface area (Å²) >= 11 is 1.16. The summed E-state index contributed by atoms with van der Waals surface area (Å²) in [5.74, 6) is 0.318. The van der Waals surface area contributed by atoms with E-state index in [0.717, 1.165) is 17.2 Å². The summed E-state index contributed by atoms with van der Waals surface area (Å²) < 4.78 is 37.7. The molecule has 0 saturated carbocycles. The van der Waals surface area contributed by atoms with Crippen LogP contribution in [0.25, 0.3) is 0 Å². The van der Waals surface area contributed by atoms with Crippen molar-refractivity contribution in [3.63, 3.8) is 0 Å². The van der Waals surface area contributed by atoms with Crippen LogP contribution in [-0.4, -0.2) is 12.1 Å². The summed E-state index contributed by atoms with van der Waals surface area (Å²) in [5, 5.41) is 1.16. The second kappa shape index (κ2) is 3.81. The van der Waals surface area contributed by atoms with E-state index in [9.17, 15) is 13.2 Å². The SMILES string of the molecule is FC(F)(F)C1=CSCN1c1ccccc1. The van der Waals surface area contributed by atoms with Gasteiger partial charge >= 0.3 is 6.18 Å². The molecule has 1 aromatic rings. The number of alkyl halides is 3. The highest BCUT2D eigenvalue weighted by molar-refractivity contribution is 8.02. The second-order valence-corrected chi connectivity index (χ2v) is 3.89. The number of allylic oxidation sites excluding steroid dienone is 1. The minimum Gasteiger partial charge on any atom is -0.327 e. The molecular weight excluding hydrogens is 223 g/mol. The number of hydrogen-bond acceptors (Lipinski definition) is 2. The third-order valence-corrected chi connectivity index (χ3v) is 2.84. The molecule has 0 saturated heterocycles.